The van der Waals surface area contributed by atoms with Gasteiger partial charge in [-0.3, -0.25) is 14.4 Å². The Balaban J connectivity index is 1.50. The second-order valence-electron chi connectivity index (χ2n) is 5.71. The van der Waals surface area contributed by atoms with E-state index in [0.29, 0.717) is 16.4 Å². The number of carbonyl (C=O) groups excluding carboxylic acids is 3. The van der Waals surface area contributed by atoms with Crippen molar-refractivity contribution in [2.75, 3.05) is 11.9 Å². The molecular formula is C19H17N3O3S. The Morgan fingerprint density at radius 1 is 1.08 bits per heavy atom. The predicted octanol–water partition coefficient (Wildman–Crippen LogP) is 3.26. The number of aromatic nitrogens is 1. The van der Waals surface area contributed by atoms with Crippen molar-refractivity contribution in [1.82, 2.24) is 10.3 Å². The minimum atomic E-state index is -0.270. The van der Waals surface area contributed by atoms with Gasteiger partial charge in [0.05, 0.1) is 0 Å². The van der Waals surface area contributed by atoms with Crippen molar-refractivity contribution >= 4 is 44.8 Å². The van der Waals surface area contributed by atoms with Crippen LogP contribution in [0.3, 0.4) is 0 Å². The number of carbonyl (C=O) groups is 3. The smallest absolute Gasteiger partial charge is 0.251 e. The molecule has 0 aliphatic carbocycles. The van der Waals surface area contributed by atoms with Gasteiger partial charge in [-0.25, -0.2) is 4.98 Å². The average Bonchev–Trinajstić information content (AvgIpc) is 3.10. The summed E-state index contributed by atoms with van der Waals surface area (Å²) in [5.41, 5.74) is 0.880. The quantitative estimate of drug-likeness (QED) is 0.655. The molecule has 1 aromatic heterocycles. The van der Waals surface area contributed by atoms with Crippen molar-refractivity contribution in [2.24, 2.45) is 0 Å². The molecule has 2 N–H and O–H groups in total. The Hall–Kier alpha value is -3.06. The largest absolute Gasteiger partial charge is 0.352 e. The molecule has 1 heterocycles. The molecular weight excluding hydrogens is 350 g/mol. The number of hydrogen-bond donors (Lipinski definition) is 2. The molecule has 26 heavy (non-hydrogen) atoms. The summed E-state index contributed by atoms with van der Waals surface area (Å²) >= 11 is 1.19. The third-order valence-corrected chi connectivity index (χ3v) is 4.52. The Kier molecular flexibility index (Phi) is 5.38. The lowest BCUT2D eigenvalue weighted by Gasteiger charge is -2.06. The highest BCUT2D eigenvalue weighted by molar-refractivity contribution is 7.14. The maximum atomic E-state index is 12.2. The number of fused-ring (bicyclic) bond motifs is 1. The first-order chi connectivity index (χ1) is 12.5. The predicted molar refractivity (Wildman–Crippen MR) is 102 cm³/mol. The van der Waals surface area contributed by atoms with Crippen LogP contribution in [0.2, 0.25) is 0 Å². The molecule has 2 aromatic carbocycles. The number of rotatable bonds is 6. The van der Waals surface area contributed by atoms with Gasteiger partial charge in [-0.2, -0.15) is 0 Å². The molecule has 2 amide bonds. The molecule has 0 atom stereocenters. The number of amides is 2. The van der Waals surface area contributed by atoms with Gasteiger partial charge in [-0.1, -0.05) is 30.3 Å². The second kappa shape index (κ2) is 7.88. The molecule has 0 saturated heterocycles. The fourth-order valence-electron chi connectivity index (χ4n) is 2.40. The number of ketones is 1. The molecule has 6 nitrogen and oxygen atoms in total. The van der Waals surface area contributed by atoms with Crippen LogP contribution < -0.4 is 10.6 Å². The average molecular weight is 367 g/mol. The van der Waals surface area contributed by atoms with Crippen molar-refractivity contribution in [3.8, 4) is 0 Å². The van der Waals surface area contributed by atoms with Crippen LogP contribution in [-0.2, 0) is 4.79 Å². The minimum absolute atomic E-state index is 0.119. The number of benzene rings is 2. The van der Waals surface area contributed by atoms with E-state index in [9.17, 15) is 14.4 Å². The standard InChI is InChI=1S/C19H17N3O3S/c1-12(23)16-11-26-19(21-16)22-17(24)8-9-20-18(25)15-7-6-13-4-2-3-5-14(13)10-15/h2-7,10-11H,8-9H2,1H3,(H,20,25)(H,21,22,24). The number of hydrogen-bond acceptors (Lipinski definition) is 5. The second-order valence-corrected chi connectivity index (χ2v) is 6.57. The Morgan fingerprint density at radius 3 is 2.58 bits per heavy atom. The first-order valence-corrected chi connectivity index (χ1v) is 8.94. The Morgan fingerprint density at radius 2 is 1.85 bits per heavy atom. The number of nitrogens with one attached hydrogen (secondary N) is 2. The maximum Gasteiger partial charge on any atom is 0.251 e. The number of nitrogens with zero attached hydrogens (tertiary/aromatic N) is 1. The highest BCUT2D eigenvalue weighted by Crippen LogP contribution is 2.16. The molecule has 0 aliphatic heterocycles. The van der Waals surface area contributed by atoms with Crippen molar-refractivity contribution < 1.29 is 14.4 Å². The number of Topliss-reactive ketones (excluding diaryl/α,β-unsaturated/α-hetero) is 1. The van der Waals surface area contributed by atoms with E-state index in [4.69, 9.17) is 0 Å². The van der Waals surface area contributed by atoms with Gasteiger partial charge in [0.15, 0.2) is 10.9 Å². The lowest BCUT2D eigenvalue weighted by atomic mass is 10.1. The van der Waals surface area contributed by atoms with E-state index in [0.717, 1.165) is 10.8 Å². The summed E-state index contributed by atoms with van der Waals surface area (Å²) in [6, 6.07) is 13.3. The highest BCUT2D eigenvalue weighted by atomic mass is 32.1. The Labute approximate surface area is 154 Å². The minimum Gasteiger partial charge on any atom is -0.352 e. The van der Waals surface area contributed by atoms with Crippen LogP contribution in [0.15, 0.2) is 47.8 Å². The van der Waals surface area contributed by atoms with E-state index in [1.165, 1.54) is 18.3 Å². The molecule has 0 unspecified atom stereocenters. The van der Waals surface area contributed by atoms with E-state index in [1.54, 1.807) is 11.4 Å². The van der Waals surface area contributed by atoms with E-state index < -0.39 is 0 Å². The topological polar surface area (TPSA) is 88.2 Å². The first-order valence-electron chi connectivity index (χ1n) is 8.06. The fraction of sp³-hybridized carbons (Fsp3) is 0.158. The summed E-state index contributed by atoms with van der Waals surface area (Å²) in [4.78, 5) is 39.3. The van der Waals surface area contributed by atoms with Gasteiger partial charge in [0, 0.05) is 30.8 Å². The zero-order chi connectivity index (χ0) is 18.5. The maximum absolute atomic E-state index is 12.2. The zero-order valence-electron chi connectivity index (χ0n) is 14.1. The van der Waals surface area contributed by atoms with Crippen molar-refractivity contribution in [3.05, 3.63) is 59.1 Å². The molecule has 132 valence electrons. The fourth-order valence-corrected chi connectivity index (χ4v) is 3.16. The number of anilines is 1. The Bertz CT molecular complexity index is 981. The lowest BCUT2D eigenvalue weighted by molar-refractivity contribution is -0.116. The third kappa shape index (κ3) is 4.31. The van der Waals surface area contributed by atoms with Crippen LogP contribution in [0, 0.1) is 0 Å². The van der Waals surface area contributed by atoms with Gasteiger partial charge in [0.1, 0.15) is 5.69 Å². The molecule has 0 aliphatic rings. The van der Waals surface area contributed by atoms with E-state index >= 15 is 0 Å². The van der Waals surface area contributed by atoms with Crippen LogP contribution in [0.25, 0.3) is 10.8 Å². The normalized spacial score (nSPS) is 10.5. The molecule has 0 spiro atoms. The van der Waals surface area contributed by atoms with Gasteiger partial charge >= 0.3 is 0 Å². The summed E-state index contributed by atoms with van der Waals surface area (Å²) < 4.78 is 0. The summed E-state index contributed by atoms with van der Waals surface area (Å²) in [5.74, 6) is -0.644. The van der Waals surface area contributed by atoms with Gasteiger partial charge in [0.2, 0.25) is 5.91 Å². The molecule has 3 aromatic rings. The van der Waals surface area contributed by atoms with Crippen LogP contribution in [0.5, 0.6) is 0 Å². The van der Waals surface area contributed by atoms with Gasteiger partial charge in [0.25, 0.3) is 5.91 Å². The molecule has 0 radical (unpaired) electrons. The monoisotopic (exact) mass is 367 g/mol. The van der Waals surface area contributed by atoms with E-state index in [-0.39, 0.29) is 30.6 Å². The van der Waals surface area contributed by atoms with Crippen molar-refractivity contribution in [2.45, 2.75) is 13.3 Å². The summed E-state index contributed by atoms with van der Waals surface area (Å²) in [6.45, 7) is 1.63. The summed E-state index contributed by atoms with van der Waals surface area (Å²) in [6.07, 6.45) is 0.119. The summed E-state index contributed by atoms with van der Waals surface area (Å²) in [5, 5.41) is 9.38. The molecule has 7 heteroatoms. The first kappa shape index (κ1) is 17.8. The van der Waals surface area contributed by atoms with Crippen LogP contribution >= 0.6 is 11.3 Å². The molecule has 0 bridgehead atoms. The SMILES string of the molecule is CC(=O)c1csc(NC(=O)CCNC(=O)c2ccc3ccccc3c2)n1. The lowest BCUT2D eigenvalue weighted by Crippen LogP contribution is -2.27. The zero-order valence-corrected chi connectivity index (χ0v) is 14.9. The van der Waals surface area contributed by atoms with Gasteiger partial charge < -0.3 is 10.6 Å². The van der Waals surface area contributed by atoms with Crippen LogP contribution in [0.1, 0.15) is 34.2 Å². The third-order valence-electron chi connectivity index (χ3n) is 3.76. The molecule has 0 fully saturated rings. The van der Waals surface area contributed by atoms with Crippen LogP contribution in [-0.4, -0.2) is 29.1 Å². The van der Waals surface area contributed by atoms with E-state index in [1.807, 2.05) is 36.4 Å². The van der Waals surface area contributed by atoms with Crippen molar-refractivity contribution in [3.63, 3.8) is 0 Å². The van der Waals surface area contributed by atoms with Gasteiger partial charge in [-0.15, -0.1) is 11.3 Å². The van der Waals surface area contributed by atoms with E-state index in [2.05, 4.69) is 15.6 Å². The van der Waals surface area contributed by atoms with Crippen molar-refractivity contribution in [1.29, 1.82) is 0 Å². The van der Waals surface area contributed by atoms with Crippen LogP contribution in [0.4, 0.5) is 5.13 Å². The summed E-state index contributed by atoms with van der Waals surface area (Å²) in [7, 11) is 0. The van der Waals surface area contributed by atoms with Gasteiger partial charge in [-0.05, 0) is 22.9 Å². The number of thiazole rings is 1. The molecule has 3 rings (SSSR count). The highest BCUT2D eigenvalue weighted by Gasteiger charge is 2.10. The molecule has 0 saturated carbocycles.